The minimum absolute atomic E-state index is 0.00925. The van der Waals surface area contributed by atoms with Crippen molar-refractivity contribution in [2.45, 2.75) is 67.8 Å². The summed E-state index contributed by atoms with van der Waals surface area (Å²) in [7, 11) is 0. The highest BCUT2D eigenvalue weighted by Gasteiger charge is 2.28. The maximum atomic E-state index is 12.9. The maximum absolute atomic E-state index is 12.9. The molecule has 1 aromatic rings. The van der Waals surface area contributed by atoms with Crippen molar-refractivity contribution in [2.24, 2.45) is 0 Å². The largest absolute Gasteiger partial charge is 0.480 e. The van der Waals surface area contributed by atoms with E-state index in [1.54, 1.807) is 13.0 Å². The quantitative estimate of drug-likeness (QED) is 0.764. The van der Waals surface area contributed by atoms with Crippen LogP contribution in [-0.4, -0.2) is 52.4 Å². The van der Waals surface area contributed by atoms with Gasteiger partial charge in [-0.2, -0.15) is 0 Å². The Morgan fingerprint density at radius 2 is 1.73 bits per heavy atom. The second-order valence-corrected chi connectivity index (χ2v) is 8.51. The minimum atomic E-state index is -0.873. The number of aliphatic carboxylic acids is 1. The van der Waals surface area contributed by atoms with Crippen LogP contribution in [0.3, 0.4) is 0 Å². The molecule has 3 rings (SSSR count). The first-order valence-corrected chi connectivity index (χ1v) is 10.4. The molecule has 5 nitrogen and oxygen atoms in total. The average molecular weight is 378 g/mol. The summed E-state index contributed by atoms with van der Waals surface area (Å²) >= 11 is 1.22. The smallest absolute Gasteiger partial charge is 0.316 e. The highest BCUT2D eigenvalue weighted by molar-refractivity contribution is 8.00. The van der Waals surface area contributed by atoms with Crippen LogP contribution in [0.2, 0.25) is 0 Å². The van der Waals surface area contributed by atoms with Gasteiger partial charge in [-0.05, 0) is 44.7 Å². The Hall–Kier alpha value is -1.53. The Balaban J connectivity index is 1.59. The fourth-order valence-electron chi connectivity index (χ4n) is 3.65. The Morgan fingerprint density at radius 1 is 1.12 bits per heavy atom. The molecular formula is C20H27NO4S. The molecule has 1 heterocycles. The van der Waals surface area contributed by atoms with E-state index in [0.29, 0.717) is 24.8 Å². The van der Waals surface area contributed by atoms with Gasteiger partial charge in [-0.25, -0.2) is 0 Å². The van der Waals surface area contributed by atoms with E-state index in [9.17, 15) is 9.59 Å². The van der Waals surface area contributed by atoms with Crippen LogP contribution in [0.15, 0.2) is 29.2 Å². The average Bonchev–Trinajstić information content (AvgIpc) is 3.15. The predicted octanol–water partition coefficient (Wildman–Crippen LogP) is 3.82. The molecule has 26 heavy (non-hydrogen) atoms. The van der Waals surface area contributed by atoms with Crippen LogP contribution in [-0.2, 0) is 9.53 Å². The lowest BCUT2D eigenvalue weighted by Gasteiger charge is -2.33. The Labute approximate surface area is 159 Å². The second-order valence-electron chi connectivity index (χ2n) is 7.13. The summed E-state index contributed by atoms with van der Waals surface area (Å²) in [4.78, 5) is 26.7. The summed E-state index contributed by atoms with van der Waals surface area (Å²) < 4.78 is 6.18. The van der Waals surface area contributed by atoms with Crippen LogP contribution in [0.1, 0.15) is 55.8 Å². The molecule has 0 spiro atoms. The molecule has 6 heteroatoms. The number of nitrogens with zero attached hydrogens (tertiary/aromatic N) is 1. The third kappa shape index (κ3) is 4.80. The summed E-state index contributed by atoms with van der Waals surface area (Å²) in [5, 5.41) is 8.55. The molecule has 1 unspecified atom stereocenters. The summed E-state index contributed by atoms with van der Waals surface area (Å²) in [6.45, 7) is 3.04. The van der Waals surface area contributed by atoms with E-state index in [1.165, 1.54) is 37.4 Å². The number of benzene rings is 1. The van der Waals surface area contributed by atoms with Gasteiger partial charge in [0.1, 0.15) is 5.25 Å². The van der Waals surface area contributed by atoms with Gasteiger partial charge in [0.15, 0.2) is 0 Å². The molecule has 1 atom stereocenters. The summed E-state index contributed by atoms with van der Waals surface area (Å²) in [6, 6.07) is 7.29. The topological polar surface area (TPSA) is 66.8 Å². The van der Waals surface area contributed by atoms with Crippen molar-refractivity contribution in [3.8, 4) is 0 Å². The molecule has 1 saturated heterocycles. The molecule has 2 fully saturated rings. The molecule has 1 N–H and O–H groups in total. The lowest BCUT2D eigenvalue weighted by Crippen LogP contribution is -2.41. The molecular weight excluding hydrogens is 350 g/mol. The third-order valence-electron chi connectivity index (χ3n) is 5.19. The van der Waals surface area contributed by atoms with Crippen molar-refractivity contribution in [1.82, 2.24) is 4.90 Å². The van der Waals surface area contributed by atoms with E-state index >= 15 is 0 Å². The van der Waals surface area contributed by atoms with Gasteiger partial charge in [0.25, 0.3) is 5.91 Å². The molecule has 0 radical (unpaired) electrons. The van der Waals surface area contributed by atoms with E-state index in [1.807, 2.05) is 23.1 Å². The first-order chi connectivity index (χ1) is 12.5. The number of hydrogen-bond acceptors (Lipinski definition) is 4. The van der Waals surface area contributed by atoms with E-state index in [4.69, 9.17) is 9.84 Å². The van der Waals surface area contributed by atoms with Gasteiger partial charge in [-0.1, -0.05) is 25.0 Å². The van der Waals surface area contributed by atoms with Gasteiger partial charge in [0, 0.05) is 18.0 Å². The molecule has 142 valence electrons. The monoisotopic (exact) mass is 377 g/mol. The van der Waals surface area contributed by atoms with Crippen molar-refractivity contribution in [3.05, 3.63) is 29.8 Å². The first kappa shape index (κ1) is 19.2. The molecule has 1 aliphatic heterocycles. The SMILES string of the molecule is CC(Sc1ccccc1C(=O)N1CCC(OC2CCCC2)CC1)C(=O)O. The summed E-state index contributed by atoms with van der Waals surface area (Å²) in [5.74, 6) is -0.882. The molecule has 0 bridgehead atoms. The highest BCUT2D eigenvalue weighted by Crippen LogP contribution is 2.29. The van der Waals surface area contributed by atoms with Gasteiger partial charge < -0.3 is 14.7 Å². The second kappa shape index (κ2) is 8.91. The number of rotatable bonds is 6. The molecule has 2 aliphatic rings. The van der Waals surface area contributed by atoms with Crippen molar-refractivity contribution >= 4 is 23.6 Å². The molecule has 1 aromatic carbocycles. The Morgan fingerprint density at radius 3 is 2.38 bits per heavy atom. The molecule has 1 aliphatic carbocycles. The fraction of sp³-hybridized carbons (Fsp3) is 0.600. The van der Waals surface area contributed by atoms with Gasteiger partial charge in [-0.3, -0.25) is 9.59 Å². The van der Waals surface area contributed by atoms with E-state index in [2.05, 4.69) is 0 Å². The number of carbonyl (C=O) groups excluding carboxylic acids is 1. The third-order valence-corrected chi connectivity index (χ3v) is 6.35. The van der Waals surface area contributed by atoms with E-state index in [0.717, 1.165) is 17.7 Å². The van der Waals surface area contributed by atoms with Crippen molar-refractivity contribution in [1.29, 1.82) is 0 Å². The molecule has 1 amide bonds. The number of carboxylic acid groups (broad SMARTS) is 1. The highest BCUT2D eigenvalue weighted by atomic mass is 32.2. The molecule has 0 aromatic heterocycles. The fourth-order valence-corrected chi connectivity index (χ4v) is 4.57. The standard InChI is InChI=1S/C20H27NO4S/c1-14(20(23)24)26-18-9-5-4-8-17(18)19(22)21-12-10-16(11-13-21)25-15-6-2-3-7-15/h4-5,8-9,14-16H,2-3,6-7,10-13H2,1H3,(H,23,24). The number of likely N-dealkylation sites (tertiary alicyclic amines) is 1. The molecule has 1 saturated carbocycles. The lowest BCUT2D eigenvalue weighted by molar-refractivity contribution is -0.136. The van der Waals surface area contributed by atoms with Crippen molar-refractivity contribution in [3.63, 3.8) is 0 Å². The zero-order chi connectivity index (χ0) is 18.5. The van der Waals surface area contributed by atoms with Crippen LogP contribution in [0.4, 0.5) is 0 Å². The van der Waals surface area contributed by atoms with Crippen LogP contribution in [0, 0.1) is 0 Å². The predicted molar refractivity (Wildman–Crippen MR) is 102 cm³/mol. The number of thioether (sulfide) groups is 1. The summed E-state index contributed by atoms with van der Waals surface area (Å²) in [5.41, 5.74) is 0.598. The maximum Gasteiger partial charge on any atom is 0.316 e. The zero-order valence-corrected chi connectivity index (χ0v) is 16.0. The van der Waals surface area contributed by atoms with Crippen LogP contribution in [0.25, 0.3) is 0 Å². The van der Waals surface area contributed by atoms with Crippen molar-refractivity contribution < 1.29 is 19.4 Å². The van der Waals surface area contributed by atoms with E-state index in [-0.39, 0.29) is 12.0 Å². The van der Waals surface area contributed by atoms with Gasteiger partial charge in [0.05, 0.1) is 17.8 Å². The number of amides is 1. The lowest BCUT2D eigenvalue weighted by atomic mass is 10.1. The van der Waals surface area contributed by atoms with Gasteiger partial charge >= 0.3 is 5.97 Å². The van der Waals surface area contributed by atoms with Gasteiger partial charge in [0.2, 0.25) is 0 Å². The van der Waals surface area contributed by atoms with Crippen LogP contribution < -0.4 is 0 Å². The first-order valence-electron chi connectivity index (χ1n) is 9.48. The number of piperidine rings is 1. The Bertz CT molecular complexity index is 636. The summed E-state index contributed by atoms with van der Waals surface area (Å²) in [6.07, 6.45) is 7.32. The van der Waals surface area contributed by atoms with Crippen LogP contribution >= 0.6 is 11.8 Å². The number of ether oxygens (including phenoxy) is 1. The normalized spacial score (nSPS) is 20.3. The number of carbonyl (C=O) groups is 2. The van der Waals surface area contributed by atoms with Crippen LogP contribution in [0.5, 0.6) is 0 Å². The number of hydrogen-bond donors (Lipinski definition) is 1. The van der Waals surface area contributed by atoms with Crippen molar-refractivity contribution in [2.75, 3.05) is 13.1 Å². The number of carboxylic acids is 1. The van der Waals surface area contributed by atoms with Gasteiger partial charge in [-0.15, -0.1) is 11.8 Å². The minimum Gasteiger partial charge on any atom is -0.480 e. The zero-order valence-electron chi connectivity index (χ0n) is 15.2. The van der Waals surface area contributed by atoms with E-state index < -0.39 is 11.2 Å². The Kier molecular flexibility index (Phi) is 6.59.